The topological polar surface area (TPSA) is 58.4 Å². The highest BCUT2D eigenvalue weighted by Crippen LogP contribution is 2.17. The molecule has 3 rings (SSSR count). The van der Waals surface area contributed by atoms with Crippen molar-refractivity contribution in [2.45, 2.75) is 32.2 Å². The number of aromatic nitrogens is 4. The predicted molar refractivity (Wildman–Crippen MR) is 74.2 cm³/mol. The van der Waals surface area contributed by atoms with E-state index >= 15 is 0 Å². The second-order valence-corrected chi connectivity index (χ2v) is 5.10. The van der Waals surface area contributed by atoms with Crippen molar-refractivity contribution in [3.05, 3.63) is 18.7 Å². The standard InChI is InChI=1S/C13H20N6/c1-2-6-18-7-3-11(4-8-18)16-12-13-17-15-10-19(13)9-5-14-12/h5,9-11H,2-4,6-8H2,1H3,(H,14,16). The first-order valence-electron chi connectivity index (χ1n) is 7.00. The highest BCUT2D eigenvalue weighted by atomic mass is 15.3. The lowest BCUT2D eigenvalue weighted by Crippen LogP contribution is -2.39. The van der Waals surface area contributed by atoms with Gasteiger partial charge in [-0.05, 0) is 25.8 Å². The molecule has 1 N–H and O–H groups in total. The van der Waals surface area contributed by atoms with Crippen molar-refractivity contribution in [1.82, 2.24) is 24.5 Å². The van der Waals surface area contributed by atoms with Crippen molar-refractivity contribution in [2.24, 2.45) is 0 Å². The molecule has 19 heavy (non-hydrogen) atoms. The average molecular weight is 260 g/mol. The van der Waals surface area contributed by atoms with Gasteiger partial charge in [-0.15, -0.1) is 10.2 Å². The van der Waals surface area contributed by atoms with Crippen LogP contribution in [0.25, 0.3) is 5.65 Å². The zero-order valence-electron chi connectivity index (χ0n) is 11.3. The highest BCUT2D eigenvalue weighted by Gasteiger charge is 2.19. The number of nitrogens with one attached hydrogen (secondary N) is 1. The molecule has 1 saturated heterocycles. The minimum absolute atomic E-state index is 0.489. The number of likely N-dealkylation sites (tertiary alicyclic amines) is 1. The molecule has 0 aliphatic carbocycles. The Kier molecular flexibility index (Phi) is 3.59. The number of fused-ring (bicyclic) bond motifs is 1. The molecule has 2 aromatic rings. The van der Waals surface area contributed by atoms with Crippen molar-refractivity contribution < 1.29 is 0 Å². The van der Waals surface area contributed by atoms with Crippen LogP contribution in [0.15, 0.2) is 18.7 Å². The zero-order valence-corrected chi connectivity index (χ0v) is 11.3. The summed E-state index contributed by atoms with van der Waals surface area (Å²) in [6, 6.07) is 0.489. The van der Waals surface area contributed by atoms with Gasteiger partial charge in [0.1, 0.15) is 6.33 Å². The first kappa shape index (κ1) is 12.3. The maximum Gasteiger partial charge on any atom is 0.203 e. The fourth-order valence-corrected chi connectivity index (χ4v) is 2.67. The Balaban J connectivity index is 1.65. The first-order valence-corrected chi connectivity index (χ1v) is 7.00. The Morgan fingerprint density at radius 2 is 2.21 bits per heavy atom. The molecule has 3 heterocycles. The molecule has 0 saturated carbocycles. The van der Waals surface area contributed by atoms with Crippen LogP contribution in [-0.4, -0.2) is 50.2 Å². The highest BCUT2D eigenvalue weighted by molar-refractivity contribution is 5.61. The van der Waals surface area contributed by atoms with Gasteiger partial charge < -0.3 is 10.2 Å². The molecule has 0 amide bonds. The monoisotopic (exact) mass is 260 g/mol. The number of hydrogen-bond donors (Lipinski definition) is 1. The summed E-state index contributed by atoms with van der Waals surface area (Å²) in [6.45, 7) is 5.79. The molecule has 0 bridgehead atoms. The summed E-state index contributed by atoms with van der Waals surface area (Å²) in [4.78, 5) is 6.91. The maximum atomic E-state index is 4.38. The van der Waals surface area contributed by atoms with Gasteiger partial charge in [0, 0.05) is 31.5 Å². The molecule has 2 aromatic heterocycles. The normalized spacial score (nSPS) is 17.9. The van der Waals surface area contributed by atoms with Crippen LogP contribution in [0.4, 0.5) is 5.82 Å². The molecule has 0 aromatic carbocycles. The molecule has 1 fully saturated rings. The third-order valence-electron chi connectivity index (χ3n) is 3.68. The van der Waals surface area contributed by atoms with Crippen molar-refractivity contribution in [3.8, 4) is 0 Å². The Morgan fingerprint density at radius 3 is 3.00 bits per heavy atom. The van der Waals surface area contributed by atoms with E-state index in [1.54, 1.807) is 12.5 Å². The minimum atomic E-state index is 0.489. The van der Waals surface area contributed by atoms with Gasteiger partial charge >= 0.3 is 0 Å². The van der Waals surface area contributed by atoms with Crippen molar-refractivity contribution >= 4 is 11.5 Å². The Hall–Kier alpha value is -1.69. The van der Waals surface area contributed by atoms with Crippen molar-refractivity contribution in [2.75, 3.05) is 25.0 Å². The molecule has 0 spiro atoms. The Labute approximate surface area is 112 Å². The van der Waals surface area contributed by atoms with Gasteiger partial charge in [-0.25, -0.2) is 4.98 Å². The molecular weight excluding hydrogens is 240 g/mol. The van der Waals surface area contributed by atoms with Gasteiger partial charge in [-0.2, -0.15) is 0 Å². The van der Waals surface area contributed by atoms with E-state index in [9.17, 15) is 0 Å². The molecule has 6 nitrogen and oxygen atoms in total. The van der Waals surface area contributed by atoms with Crippen LogP contribution in [-0.2, 0) is 0 Å². The van der Waals surface area contributed by atoms with E-state index < -0.39 is 0 Å². The average Bonchev–Trinajstić information content (AvgIpc) is 2.91. The first-order chi connectivity index (χ1) is 9.36. The molecule has 1 aliphatic heterocycles. The molecule has 102 valence electrons. The molecule has 0 unspecified atom stereocenters. The van der Waals surface area contributed by atoms with E-state index in [1.807, 2.05) is 10.6 Å². The molecular formula is C13H20N6. The van der Waals surface area contributed by atoms with Crippen LogP contribution in [0.3, 0.4) is 0 Å². The molecule has 6 heteroatoms. The summed E-state index contributed by atoms with van der Waals surface area (Å²) in [5.74, 6) is 0.842. The quantitative estimate of drug-likeness (QED) is 0.900. The third kappa shape index (κ3) is 2.68. The lowest BCUT2D eigenvalue weighted by Gasteiger charge is -2.32. The van der Waals surface area contributed by atoms with Gasteiger partial charge in [0.05, 0.1) is 0 Å². The molecule has 0 atom stereocenters. The number of rotatable bonds is 4. The van der Waals surface area contributed by atoms with E-state index in [4.69, 9.17) is 0 Å². The summed E-state index contributed by atoms with van der Waals surface area (Å²) < 4.78 is 1.89. The maximum absolute atomic E-state index is 4.38. The number of piperidine rings is 1. The van der Waals surface area contributed by atoms with E-state index in [0.717, 1.165) is 24.3 Å². The van der Waals surface area contributed by atoms with Crippen LogP contribution in [0.1, 0.15) is 26.2 Å². The van der Waals surface area contributed by atoms with Crippen LogP contribution in [0.2, 0.25) is 0 Å². The van der Waals surface area contributed by atoms with Gasteiger partial charge in [-0.3, -0.25) is 4.40 Å². The number of hydrogen-bond acceptors (Lipinski definition) is 5. The second-order valence-electron chi connectivity index (χ2n) is 5.10. The zero-order chi connectivity index (χ0) is 13.1. The van der Waals surface area contributed by atoms with Crippen LogP contribution in [0, 0.1) is 0 Å². The van der Waals surface area contributed by atoms with Crippen LogP contribution < -0.4 is 5.32 Å². The van der Waals surface area contributed by atoms with Gasteiger partial charge in [-0.1, -0.05) is 6.92 Å². The van der Waals surface area contributed by atoms with E-state index in [2.05, 4.69) is 32.3 Å². The van der Waals surface area contributed by atoms with E-state index in [0.29, 0.717) is 6.04 Å². The summed E-state index contributed by atoms with van der Waals surface area (Å²) in [7, 11) is 0. The van der Waals surface area contributed by atoms with Crippen LogP contribution in [0.5, 0.6) is 0 Å². The van der Waals surface area contributed by atoms with E-state index in [1.165, 1.54) is 26.1 Å². The number of anilines is 1. The van der Waals surface area contributed by atoms with Gasteiger partial charge in [0.25, 0.3) is 0 Å². The van der Waals surface area contributed by atoms with Gasteiger partial charge in [0.2, 0.25) is 5.65 Å². The SMILES string of the molecule is CCCN1CCC(Nc2nccn3cnnc23)CC1. The molecule has 0 radical (unpaired) electrons. The lowest BCUT2D eigenvalue weighted by molar-refractivity contribution is 0.219. The van der Waals surface area contributed by atoms with E-state index in [-0.39, 0.29) is 0 Å². The van der Waals surface area contributed by atoms with Crippen molar-refractivity contribution in [1.29, 1.82) is 0 Å². The summed E-state index contributed by atoms with van der Waals surface area (Å²) >= 11 is 0. The minimum Gasteiger partial charge on any atom is -0.364 e. The smallest absolute Gasteiger partial charge is 0.203 e. The number of nitrogens with zero attached hydrogens (tertiary/aromatic N) is 5. The summed E-state index contributed by atoms with van der Waals surface area (Å²) in [5.41, 5.74) is 0.804. The van der Waals surface area contributed by atoms with Crippen molar-refractivity contribution in [3.63, 3.8) is 0 Å². The van der Waals surface area contributed by atoms with Gasteiger partial charge in [0.15, 0.2) is 5.82 Å². The summed E-state index contributed by atoms with van der Waals surface area (Å²) in [5, 5.41) is 11.5. The Morgan fingerprint density at radius 1 is 1.37 bits per heavy atom. The predicted octanol–water partition coefficient (Wildman–Crippen LogP) is 1.41. The fraction of sp³-hybridized carbons (Fsp3) is 0.615. The third-order valence-corrected chi connectivity index (χ3v) is 3.68. The van der Waals surface area contributed by atoms with Crippen LogP contribution >= 0.6 is 0 Å². The Bertz CT molecular complexity index is 529. The lowest BCUT2D eigenvalue weighted by atomic mass is 10.0. The summed E-state index contributed by atoms with van der Waals surface area (Å²) in [6.07, 6.45) is 8.91. The second kappa shape index (κ2) is 5.52. The largest absolute Gasteiger partial charge is 0.364 e. The fourth-order valence-electron chi connectivity index (χ4n) is 2.67. The molecule has 1 aliphatic rings.